The van der Waals surface area contributed by atoms with E-state index in [1.54, 1.807) is 0 Å². The van der Waals surface area contributed by atoms with Gasteiger partial charge in [-0.25, -0.2) is 4.39 Å². The molecule has 1 aromatic rings. The van der Waals surface area contributed by atoms with Crippen LogP contribution in [0.1, 0.15) is 24.8 Å². The lowest BCUT2D eigenvalue weighted by Crippen LogP contribution is -2.55. The van der Waals surface area contributed by atoms with Crippen molar-refractivity contribution in [2.24, 2.45) is 11.8 Å². The van der Waals surface area contributed by atoms with E-state index < -0.39 is 53.3 Å². The van der Waals surface area contributed by atoms with E-state index in [9.17, 15) is 23.9 Å². The van der Waals surface area contributed by atoms with E-state index in [-0.39, 0.29) is 13.2 Å². The van der Waals surface area contributed by atoms with Crippen molar-refractivity contribution in [1.82, 2.24) is 0 Å². The van der Waals surface area contributed by atoms with Crippen LogP contribution in [0.15, 0.2) is 49.6 Å². The maximum absolute atomic E-state index is 13.4. The quantitative estimate of drug-likeness (QED) is 0.437. The summed E-state index contributed by atoms with van der Waals surface area (Å²) in [5, 5.41) is 10.8. The Morgan fingerprint density at radius 3 is 2.25 bits per heavy atom. The standard InChI is InChI=1S/C21H23FO6/c1-4-10-27-19(24)17-15(23)12-21(3,26)18(20(25)28-11-5-2)16(17)13-6-8-14(22)9-7-13/h4-9,16-18,26H,1-2,10-12H2,3H3/t16-,17+,18+,21+/m0/s1. The Kier molecular flexibility index (Phi) is 6.85. The molecule has 0 aliphatic heterocycles. The van der Waals surface area contributed by atoms with E-state index in [0.717, 1.165) is 12.1 Å². The Hall–Kier alpha value is -2.80. The van der Waals surface area contributed by atoms with Crippen molar-refractivity contribution in [2.75, 3.05) is 13.2 Å². The van der Waals surface area contributed by atoms with Gasteiger partial charge in [-0.1, -0.05) is 37.4 Å². The van der Waals surface area contributed by atoms with Crippen LogP contribution in [0.4, 0.5) is 4.39 Å². The minimum Gasteiger partial charge on any atom is -0.461 e. The molecule has 1 aliphatic carbocycles. The second-order valence-corrected chi connectivity index (χ2v) is 6.87. The fourth-order valence-electron chi connectivity index (χ4n) is 3.56. The fraction of sp³-hybridized carbons (Fsp3) is 0.381. The van der Waals surface area contributed by atoms with Gasteiger partial charge in [-0.05, 0) is 24.6 Å². The zero-order valence-electron chi connectivity index (χ0n) is 15.6. The summed E-state index contributed by atoms with van der Waals surface area (Å²) in [6.07, 6.45) is 2.29. The summed E-state index contributed by atoms with van der Waals surface area (Å²) in [5.74, 6) is -6.37. The summed E-state index contributed by atoms with van der Waals surface area (Å²) >= 11 is 0. The van der Waals surface area contributed by atoms with Crippen molar-refractivity contribution in [1.29, 1.82) is 0 Å². The molecular weight excluding hydrogens is 367 g/mol. The molecule has 0 saturated heterocycles. The largest absolute Gasteiger partial charge is 0.461 e. The molecule has 4 atom stereocenters. The van der Waals surface area contributed by atoms with Crippen molar-refractivity contribution in [3.8, 4) is 0 Å². The number of ether oxygens (including phenoxy) is 2. The average molecular weight is 390 g/mol. The van der Waals surface area contributed by atoms with Gasteiger partial charge >= 0.3 is 11.9 Å². The molecular formula is C21H23FO6. The highest BCUT2D eigenvalue weighted by molar-refractivity contribution is 6.02. The number of hydrogen-bond donors (Lipinski definition) is 1. The summed E-state index contributed by atoms with van der Waals surface area (Å²) in [5.41, 5.74) is -1.42. The molecule has 1 N–H and O–H groups in total. The van der Waals surface area contributed by atoms with Crippen LogP contribution in [0.3, 0.4) is 0 Å². The zero-order chi connectivity index (χ0) is 20.9. The van der Waals surface area contributed by atoms with Gasteiger partial charge in [0.15, 0.2) is 5.78 Å². The predicted octanol–water partition coefficient (Wildman–Crippen LogP) is 2.32. The Morgan fingerprint density at radius 1 is 1.18 bits per heavy atom. The number of hydrogen-bond acceptors (Lipinski definition) is 6. The van der Waals surface area contributed by atoms with Gasteiger partial charge in [0.2, 0.25) is 0 Å². The Bertz CT molecular complexity index is 768. The lowest BCUT2D eigenvalue weighted by atomic mass is 9.62. The first-order chi connectivity index (χ1) is 13.2. The van der Waals surface area contributed by atoms with Gasteiger partial charge in [-0.15, -0.1) is 0 Å². The normalized spacial score (nSPS) is 27.0. The Labute approximate surface area is 162 Å². The van der Waals surface area contributed by atoms with Gasteiger partial charge in [0.1, 0.15) is 24.9 Å². The molecule has 0 heterocycles. The fourth-order valence-corrected chi connectivity index (χ4v) is 3.56. The monoisotopic (exact) mass is 390 g/mol. The number of aliphatic hydroxyl groups is 1. The van der Waals surface area contributed by atoms with Gasteiger partial charge in [0.05, 0.1) is 11.5 Å². The second kappa shape index (κ2) is 8.93. The molecule has 0 spiro atoms. The van der Waals surface area contributed by atoms with Crippen LogP contribution >= 0.6 is 0 Å². The van der Waals surface area contributed by atoms with E-state index in [4.69, 9.17) is 9.47 Å². The molecule has 28 heavy (non-hydrogen) atoms. The molecule has 0 bridgehead atoms. The highest BCUT2D eigenvalue weighted by atomic mass is 19.1. The first-order valence-electron chi connectivity index (χ1n) is 8.78. The van der Waals surface area contributed by atoms with Crippen LogP contribution in [-0.2, 0) is 23.9 Å². The summed E-state index contributed by atoms with van der Waals surface area (Å²) in [6.45, 7) is 8.06. The van der Waals surface area contributed by atoms with Crippen LogP contribution < -0.4 is 0 Å². The van der Waals surface area contributed by atoms with E-state index in [2.05, 4.69) is 13.2 Å². The maximum atomic E-state index is 13.4. The minimum absolute atomic E-state index is 0.0962. The molecule has 1 aromatic carbocycles. The van der Waals surface area contributed by atoms with E-state index in [0.29, 0.717) is 5.56 Å². The number of ketones is 1. The number of halogens is 1. The molecule has 1 fully saturated rings. The molecule has 1 saturated carbocycles. The van der Waals surface area contributed by atoms with Crippen LogP contribution in [0.5, 0.6) is 0 Å². The summed E-state index contributed by atoms with van der Waals surface area (Å²) < 4.78 is 23.6. The number of rotatable bonds is 7. The molecule has 0 aromatic heterocycles. The minimum atomic E-state index is -1.76. The van der Waals surface area contributed by atoms with Crippen molar-refractivity contribution in [2.45, 2.75) is 24.9 Å². The summed E-state index contributed by atoms with van der Waals surface area (Å²) in [7, 11) is 0. The van der Waals surface area contributed by atoms with Gasteiger partial charge in [-0.3, -0.25) is 14.4 Å². The number of carbonyl (C=O) groups excluding carboxylic acids is 3. The molecule has 0 amide bonds. The van der Waals surface area contributed by atoms with Gasteiger partial charge < -0.3 is 14.6 Å². The molecule has 6 nitrogen and oxygen atoms in total. The van der Waals surface area contributed by atoms with Crippen LogP contribution in [-0.4, -0.2) is 41.6 Å². The molecule has 150 valence electrons. The lowest BCUT2D eigenvalue weighted by molar-refractivity contribution is -0.171. The van der Waals surface area contributed by atoms with Crippen LogP contribution in [0.2, 0.25) is 0 Å². The number of carbonyl (C=O) groups is 3. The van der Waals surface area contributed by atoms with Crippen LogP contribution in [0.25, 0.3) is 0 Å². The maximum Gasteiger partial charge on any atom is 0.317 e. The molecule has 0 unspecified atom stereocenters. The molecule has 1 aliphatic rings. The third-order valence-corrected chi connectivity index (χ3v) is 4.72. The molecule has 0 radical (unpaired) electrons. The van der Waals surface area contributed by atoms with E-state index >= 15 is 0 Å². The van der Waals surface area contributed by atoms with Crippen LogP contribution in [0, 0.1) is 17.7 Å². The lowest BCUT2D eigenvalue weighted by Gasteiger charge is -2.43. The van der Waals surface area contributed by atoms with Gasteiger partial charge in [0, 0.05) is 12.3 Å². The van der Waals surface area contributed by atoms with Crippen molar-refractivity contribution in [3.05, 3.63) is 61.0 Å². The highest BCUT2D eigenvalue weighted by Gasteiger charge is 2.57. The van der Waals surface area contributed by atoms with Gasteiger partial charge in [-0.2, -0.15) is 0 Å². The molecule has 7 heteroatoms. The van der Waals surface area contributed by atoms with Gasteiger partial charge in [0.25, 0.3) is 0 Å². The smallest absolute Gasteiger partial charge is 0.317 e. The first kappa shape index (κ1) is 21.5. The summed E-state index contributed by atoms with van der Waals surface area (Å²) in [4.78, 5) is 38.0. The Morgan fingerprint density at radius 2 is 1.71 bits per heavy atom. The predicted molar refractivity (Wildman–Crippen MR) is 98.7 cm³/mol. The topological polar surface area (TPSA) is 89.9 Å². The number of benzene rings is 1. The van der Waals surface area contributed by atoms with E-state index in [1.807, 2.05) is 0 Å². The number of esters is 2. The third kappa shape index (κ3) is 4.54. The van der Waals surface area contributed by atoms with Crippen molar-refractivity contribution < 1.29 is 33.4 Å². The Balaban J connectivity index is 2.56. The third-order valence-electron chi connectivity index (χ3n) is 4.72. The zero-order valence-corrected chi connectivity index (χ0v) is 15.6. The first-order valence-corrected chi connectivity index (χ1v) is 8.78. The van der Waals surface area contributed by atoms with Crippen molar-refractivity contribution in [3.63, 3.8) is 0 Å². The number of Topliss-reactive ketones (excluding diaryl/α,β-unsaturated/α-hetero) is 1. The highest BCUT2D eigenvalue weighted by Crippen LogP contribution is 2.46. The second-order valence-electron chi connectivity index (χ2n) is 6.87. The molecule has 2 rings (SSSR count). The van der Waals surface area contributed by atoms with E-state index in [1.165, 1.54) is 31.2 Å². The SMILES string of the molecule is C=CCOC(=O)[C@@H]1C(=O)C[C@@](C)(O)[C@@H](C(=O)OCC=C)[C@H]1c1ccc(F)cc1. The van der Waals surface area contributed by atoms with Crippen molar-refractivity contribution >= 4 is 17.7 Å². The average Bonchev–Trinajstić information content (AvgIpc) is 2.63. The summed E-state index contributed by atoms with van der Waals surface area (Å²) in [6, 6.07) is 5.05.